The number of alkyl halides is 3. The number of nitrogens with one attached hydrogen (secondary N) is 1. The van der Waals surface area contributed by atoms with Gasteiger partial charge in [0, 0.05) is 50.2 Å². The van der Waals surface area contributed by atoms with E-state index in [9.17, 15) is 31.2 Å². The number of halogens is 3. The molecule has 0 spiro atoms. The van der Waals surface area contributed by atoms with Gasteiger partial charge >= 0.3 is 6.18 Å². The predicted molar refractivity (Wildman–Crippen MR) is 122 cm³/mol. The second-order valence-corrected chi connectivity index (χ2v) is 9.89. The fourth-order valence-electron chi connectivity index (χ4n) is 3.90. The number of benzene rings is 2. The van der Waals surface area contributed by atoms with Gasteiger partial charge in [-0.15, -0.1) is 0 Å². The minimum atomic E-state index is -4.62. The van der Waals surface area contributed by atoms with Crippen molar-refractivity contribution in [1.82, 2.24) is 14.2 Å². The Bertz CT molecular complexity index is 1400. The van der Waals surface area contributed by atoms with E-state index in [1.54, 1.807) is 4.90 Å². The Kier molecular flexibility index (Phi) is 6.52. The topological polar surface area (TPSA) is 99.7 Å². The first-order chi connectivity index (χ1) is 16.5. The Labute approximate surface area is 199 Å². The van der Waals surface area contributed by atoms with E-state index in [2.05, 4.69) is 10.3 Å². The van der Waals surface area contributed by atoms with Crippen LogP contribution in [-0.4, -0.2) is 60.6 Å². The number of pyridine rings is 1. The van der Waals surface area contributed by atoms with Crippen LogP contribution in [0, 0.1) is 0 Å². The SMILES string of the molecule is CC(=O)N1CCN(S(=O)(=O)c2cccc(C(=O)Nc3ccnc4c(C(F)(F)F)cccc34)c2)CC1. The molecule has 184 valence electrons. The maximum absolute atomic E-state index is 13.3. The highest BCUT2D eigenvalue weighted by molar-refractivity contribution is 7.89. The maximum Gasteiger partial charge on any atom is 0.418 e. The summed E-state index contributed by atoms with van der Waals surface area (Å²) in [7, 11) is -3.92. The fourth-order valence-corrected chi connectivity index (χ4v) is 5.37. The van der Waals surface area contributed by atoms with Crippen molar-refractivity contribution in [3.8, 4) is 0 Å². The van der Waals surface area contributed by atoms with Crippen LogP contribution in [0.15, 0.2) is 59.6 Å². The summed E-state index contributed by atoms with van der Waals surface area (Å²) < 4.78 is 67.4. The lowest BCUT2D eigenvalue weighted by Crippen LogP contribution is -2.49. The zero-order chi connectivity index (χ0) is 25.4. The van der Waals surface area contributed by atoms with Gasteiger partial charge < -0.3 is 10.2 Å². The van der Waals surface area contributed by atoms with Crippen LogP contribution in [-0.2, 0) is 21.0 Å². The average molecular weight is 507 g/mol. The monoisotopic (exact) mass is 506 g/mol. The van der Waals surface area contributed by atoms with Crippen molar-refractivity contribution in [3.63, 3.8) is 0 Å². The maximum atomic E-state index is 13.3. The molecule has 1 aliphatic heterocycles. The number of fused-ring (bicyclic) bond motifs is 1. The van der Waals surface area contributed by atoms with E-state index in [0.717, 1.165) is 12.3 Å². The molecule has 0 unspecified atom stereocenters. The van der Waals surface area contributed by atoms with Gasteiger partial charge in [-0.3, -0.25) is 14.6 Å². The van der Waals surface area contributed by atoms with Crippen LogP contribution in [0.1, 0.15) is 22.8 Å². The first kappa shape index (κ1) is 24.6. The number of nitrogens with zero attached hydrogens (tertiary/aromatic N) is 3. The molecule has 1 N–H and O–H groups in total. The summed E-state index contributed by atoms with van der Waals surface area (Å²) in [6.07, 6.45) is -3.46. The van der Waals surface area contributed by atoms with Crippen LogP contribution in [0.4, 0.5) is 18.9 Å². The standard InChI is InChI=1S/C23H21F3N4O4S/c1-15(31)29-10-12-30(13-11-29)35(33,34)17-5-2-4-16(14-17)22(32)28-20-8-9-27-21-18(20)6-3-7-19(21)23(24,25)26/h2-9,14H,10-13H2,1H3,(H,27,28,32). The minimum Gasteiger partial charge on any atom is -0.340 e. The highest BCUT2D eigenvalue weighted by atomic mass is 32.2. The zero-order valence-electron chi connectivity index (χ0n) is 18.5. The summed E-state index contributed by atoms with van der Waals surface area (Å²) >= 11 is 0. The number of sulfonamides is 1. The first-order valence-electron chi connectivity index (χ1n) is 10.6. The van der Waals surface area contributed by atoms with Gasteiger partial charge in [0.2, 0.25) is 15.9 Å². The Morgan fingerprint density at radius 3 is 2.34 bits per heavy atom. The van der Waals surface area contributed by atoms with Gasteiger partial charge in [0.05, 0.1) is 21.7 Å². The van der Waals surface area contributed by atoms with E-state index < -0.39 is 27.7 Å². The molecule has 4 rings (SSSR count). The van der Waals surface area contributed by atoms with Crippen molar-refractivity contribution in [2.45, 2.75) is 18.0 Å². The van der Waals surface area contributed by atoms with Crippen LogP contribution in [0.2, 0.25) is 0 Å². The largest absolute Gasteiger partial charge is 0.418 e. The Balaban J connectivity index is 1.59. The molecule has 12 heteroatoms. The molecule has 1 aliphatic rings. The van der Waals surface area contributed by atoms with E-state index in [-0.39, 0.29) is 59.1 Å². The zero-order valence-corrected chi connectivity index (χ0v) is 19.4. The van der Waals surface area contributed by atoms with Gasteiger partial charge in [-0.25, -0.2) is 8.42 Å². The quantitative estimate of drug-likeness (QED) is 0.585. The molecule has 1 fully saturated rings. The van der Waals surface area contributed by atoms with Crippen LogP contribution in [0.5, 0.6) is 0 Å². The highest BCUT2D eigenvalue weighted by Crippen LogP contribution is 2.35. The lowest BCUT2D eigenvalue weighted by Gasteiger charge is -2.33. The molecule has 0 atom stereocenters. The Hall–Kier alpha value is -3.51. The van der Waals surface area contributed by atoms with E-state index in [0.29, 0.717) is 0 Å². The summed E-state index contributed by atoms with van der Waals surface area (Å²) in [5.74, 6) is -0.819. The van der Waals surface area contributed by atoms with Gasteiger partial charge in [-0.2, -0.15) is 17.5 Å². The second kappa shape index (κ2) is 9.27. The van der Waals surface area contributed by atoms with E-state index >= 15 is 0 Å². The highest BCUT2D eigenvalue weighted by Gasteiger charge is 2.33. The van der Waals surface area contributed by atoms with Crippen molar-refractivity contribution in [2.24, 2.45) is 0 Å². The van der Waals surface area contributed by atoms with Crippen molar-refractivity contribution in [1.29, 1.82) is 0 Å². The van der Waals surface area contributed by atoms with Crippen molar-refractivity contribution in [3.05, 3.63) is 65.9 Å². The van der Waals surface area contributed by atoms with Crippen LogP contribution >= 0.6 is 0 Å². The minimum absolute atomic E-state index is 0.0189. The number of carbonyl (C=O) groups is 2. The molecule has 35 heavy (non-hydrogen) atoms. The summed E-state index contributed by atoms with van der Waals surface area (Å²) in [6, 6.07) is 10.3. The summed E-state index contributed by atoms with van der Waals surface area (Å²) in [5, 5.41) is 2.66. The molecular formula is C23H21F3N4O4S. The number of para-hydroxylation sites is 1. The lowest BCUT2D eigenvalue weighted by atomic mass is 10.1. The number of amides is 2. The molecule has 0 bridgehead atoms. The first-order valence-corrected chi connectivity index (χ1v) is 12.0. The molecule has 0 saturated carbocycles. The van der Waals surface area contributed by atoms with Gasteiger partial charge in [-0.1, -0.05) is 18.2 Å². The Morgan fingerprint density at radius 1 is 1.00 bits per heavy atom. The molecule has 2 amide bonds. The number of aromatic nitrogens is 1. The summed E-state index contributed by atoms with van der Waals surface area (Å²) in [4.78, 5) is 29.7. The molecule has 0 aliphatic carbocycles. The molecule has 2 heterocycles. The third-order valence-electron chi connectivity index (χ3n) is 5.74. The number of anilines is 1. The molecular weight excluding hydrogens is 485 g/mol. The van der Waals surface area contributed by atoms with Crippen LogP contribution < -0.4 is 5.32 Å². The van der Waals surface area contributed by atoms with Gasteiger partial charge in [-0.05, 0) is 30.3 Å². The van der Waals surface area contributed by atoms with Crippen LogP contribution in [0.25, 0.3) is 10.9 Å². The number of piperazine rings is 1. The van der Waals surface area contributed by atoms with Gasteiger partial charge in [0.1, 0.15) is 0 Å². The normalized spacial score (nSPS) is 15.3. The van der Waals surface area contributed by atoms with Gasteiger partial charge in [0.15, 0.2) is 0 Å². The van der Waals surface area contributed by atoms with E-state index in [1.165, 1.54) is 53.7 Å². The van der Waals surface area contributed by atoms with Crippen LogP contribution in [0.3, 0.4) is 0 Å². The molecule has 1 aromatic heterocycles. The molecule has 1 saturated heterocycles. The summed E-state index contributed by atoms with van der Waals surface area (Å²) in [5.41, 5.74) is -1.10. The third-order valence-corrected chi connectivity index (χ3v) is 7.64. The van der Waals surface area contributed by atoms with E-state index in [1.807, 2.05) is 0 Å². The molecule has 8 nitrogen and oxygen atoms in total. The van der Waals surface area contributed by atoms with Crippen molar-refractivity contribution >= 4 is 38.4 Å². The van der Waals surface area contributed by atoms with Gasteiger partial charge in [0.25, 0.3) is 5.91 Å². The Morgan fingerprint density at radius 2 is 1.69 bits per heavy atom. The van der Waals surface area contributed by atoms with Crippen molar-refractivity contribution in [2.75, 3.05) is 31.5 Å². The molecule has 0 radical (unpaired) electrons. The lowest BCUT2D eigenvalue weighted by molar-refractivity contribution is -0.136. The number of rotatable bonds is 4. The molecule has 2 aromatic carbocycles. The average Bonchev–Trinajstić information content (AvgIpc) is 2.83. The number of carbonyl (C=O) groups excluding carboxylic acids is 2. The second-order valence-electron chi connectivity index (χ2n) is 7.95. The smallest absolute Gasteiger partial charge is 0.340 e. The number of hydrogen-bond acceptors (Lipinski definition) is 5. The molecule has 3 aromatic rings. The van der Waals surface area contributed by atoms with Crippen molar-refractivity contribution < 1.29 is 31.2 Å². The third kappa shape index (κ3) is 4.98. The fraction of sp³-hybridized carbons (Fsp3) is 0.261. The predicted octanol–water partition coefficient (Wildman–Crippen LogP) is 3.36. The van der Waals surface area contributed by atoms with E-state index in [4.69, 9.17) is 0 Å². The number of hydrogen-bond donors (Lipinski definition) is 1. The summed E-state index contributed by atoms with van der Waals surface area (Å²) in [6.45, 7) is 2.21.